The Morgan fingerprint density at radius 2 is 2.00 bits per heavy atom. The van der Waals surface area contributed by atoms with Crippen LogP contribution in [-0.2, 0) is 0 Å². The number of pyridine rings is 1. The minimum absolute atomic E-state index is 0.182. The van der Waals surface area contributed by atoms with Crippen LogP contribution in [0.2, 0.25) is 5.02 Å². The molecule has 0 aliphatic carbocycles. The molecule has 0 spiro atoms. The zero-order chi connectivity index (χ0) is 14.9. The molecule has 0 fully saturated rings. The lowest BCUT2D eigenvalue weighted by Gasteiger charge is -2.12. The van der Waals surface area contributed by atoms with Crippen molar-refractivity contribution in [3.05, 3.63) is 51.4 Å². The minimum Gasteiger partial charge on any atom is -0.437 e. The van der Waals surface area contributed by atoms with Gasteiger partial charge in [-0.25, -0.2) is 9.37 Å². The Labute approximate surface area is 121 Å². The third-order valence-corrected chi connectivity index (χ3v) is 3.52. The fraction of sp³-hybridized carbons (Fsp3) is 0.200. The van der Waals surface area contributed by atoms with Crippen molar-refractivity contribution in [3.8, 4) is 17.7 Å². The lowest BCUT2D eigenvalue weighted by Crippen LogP contribution is -1.99. The lowest BCUT2D eigenvalue weighted by atomic mass is 10.1. The van der Waals surface area contributed by atoms with Crippen LogP contribution in [0.3, 0.4) is 0 Å². The number of aromatic nitrogens is 1. The van der Waals surface area contributed by atoms with Crippen molar-refractivity contribution in [1.29, 1.82) is 5.26 Å². The zero-order valence-electron chi connectivity index (χ0n) is 11.3. The SMILES string of the molecule is Cc1cc(F)ccc1Oc1nc(C)c(Cl)c(C)c1C#N. The van der Waals surface area contributed by atoms with E-state index in [0.29, 0.717) is 27.6 Å². The molecular formula is C15H12ClFN2O. The number of halogens is 2. The molecule has 0 unspecified atom stereocenters. The molecule has 0 saturated heterocycles. The smallest absolute Gasteiger partial charge is 0.237 e. The van der Waals surface area contributed by atoms with E-state index in [1.807, 2.05) is 6.07 Å². The second-order valence-corrected chi connectivity index (χ2v) is 4.82. The van der Waals surface area contributed by atoms with E-state index in [0.717, 1.165) is 0 Å². The van der Waals surface area contributed by atoms with Gasteiger partial charge in [-0.1, -0.05) is 11.6 Å². The van der Waals surface area contributed by atoms with Gasteiger partial charge in [0.25, 0.3) is 0 Å². The Morgan fingerprint density at radius 3 is 2.60 bits per heavy atom. The third kappa shape index (κ3) is 2.59. The first-order valence-corrected chi connectivity index (χ1v) is 6.32. The molecule has 0 amide bonds. The number of hydrogen-bond donors (Lipinski definition) is 0. The van der Waals surface area contributed by atoms with Crippen molar-refractivity contribution in [3.63, 3.8) is 0 Å². The van der Waals surface area contributed by atoms with Gasteiger partial charge >= 0.3 is 0 Å². The molecular weight excluding hydrogens is 279 g/mol. The summed E-state index contributed by atoms with van der Waals surface area (Å²) in [4.78, 5) is 4.19. The molecule has 20 heavy (non-hydrogen) atoms. The van der Waals surface area contributed by atoms with Crippen LogP contribution in [0.25, 0.3) is 0 Å². The van der Waals surface area contributed by atoms with E-state index in [4.69, 9.17) is 16.3 Å². The van der Waals surface area contributed by atoms with Crippen LogP contribution in [0.5, 0.6) is 11.6 Å². The van der Waals surface area contributed by atoms with Crippen LogP contribution in [0.4, 0.5) is 4.39 Å². The highest BCUT2D eigenvalue weighted by Crippen LogP contribution is 2.32. The Kier molecular flexibility index (Phi) is 3.91. The first-order valence-electron chi connectivity index (χ1n) is 5.95. The van der Waals surface area contributed by atoms with E-state index in [2.05, 4.69) is 4.98 Å². The predicted octanol–water partition coefficient (Wildman–Crippen LogP) is 4.46. The molecule has 0 saturated carbocycles. The summed E-state index contributed by atoms with van der Waals surface area (Å²) in [5, 5.41) is 9.67. The van der Waals surface area contributed by atoms with E-state index in [-0.39, 0.29) is 17.3 Å². The fourth-order valence-corrected chi connectivity index (χ4v) is 1.97. The number of nitrogens with zero attached hydrogens (tertiary/aromatic N) is 2. The number of nitriles is 1. The highest BCUT2D eigenvalue weighted by atomic mass is 35.5. The first kappa shape index (κ1) is 14.3. The molecule has 1 aromatic carbocycles. The molecule has 2 rings (SSSR count). The Bertz CT molecular complexity index is 723. The third-order valence-electron chi connectivity index (χ3n) is 2.96. The van der Waals surface area contributed by atoms with Gasteiger partial charge < -0.3 is 4.74 Å². The average Bonchev–Trinajstić information content (AvgIpc) is 2.40. The molecule has 3 nitrogen and oxygen atoms in total. The first-order chi connectivity index (χ1) is 9.43. The maximum absolute atomic E-state index is 13.1. The van der Waals surface area contributed by atoms with Gasteiger partial charge in [0.05, 0.1) is 10.7 Å². The van der Waals surface area contributed by atoms with Gasteiger partial charge in [0.1, 0.15) is 23.2 Å². The van der Waals surface area contributed by atoms with Gasteiger partial charge in [-0.15, -0.1) is 0 Å². The summed E-state index contributed by atoms with van der Waals surface area (Å²) in [5.74, 6) is 0.296. The molecule has 0 N–H and O–H groups in total. The van der Waals surface area contributed by atoms with Crippen molar-refractivity contribution < 1.29 is 9.13 Å². The Hall–Kier alpha value is -2.12. The quantitative estimate of drug-likeness (QED) is 0.820. The summed E-state index contributed by atoms with van der Waals surface area (Å²) in [7, 11) is 0. The van der Waals surface area contributed by atoms with Crippen molar-refractivity contribution in [2.75, 3.05) is 0 Å². The van der Waals surface area contributed by atoms with Gasteiger partial charge in [0.2, 0.25) is 5.88 Å². The molecule has 2 aromatic rings. The van der Waals surface area contributed by atoms with Crippen molar-refractivity contribution in [2.24, 2.45) is 0 Å². The number of benzene rings is 1. The fourth-order valence-electron chi connectivity index (χ4n) is 1.84. The normalized spacial score (nSPS) is 10.2. The number of ether oxygens (including phenoxy) is 1. The van der Waals surface area contributed by atoms with E-state index in [9.17, 15) is 9.65 Å². The van der Waals surface area contributed by atoms with Crippen LogP contribution >= 0.6 is 11.6 Å². The molecule has 102 valence electrons. The van der Waals surface area contributed by atoms with E-state index in [1.165, 1.54) is 18.2 Å². The minimum atomic E-state index is -0.341. The van der Waals surface area contributed by atoms with Gasteiger partial charge in [0.15, 0.2) is 0 Å². The summed E-state index contributed by atoms with van der Waals surface area (Å²) in [6.45, 7) is 5.20. The monoisotopic (exact) mass is 290 g/mol. The Balaban J connectivity index is 2.51. The predicted molar refractivity (Wildman–Crippen MR) is 74.6 cm³/mol. The molecule has 0 radical (unpaired) electrons. The molecule has 0 aliphatic rings. The second kappa shape index (κ2) is 5.48. The van der Waals surface area contributed by atoms with Crippen LogP contribution in [0.15, 0.2) is 18.2 Å². The average molecular weight is 291 g/mol. The van der Waals surface area contributed by atoms with Crippen molar-refractivity contribution in [1.82, 2.24) is 4.98 Å². The van der Waals surface area contributed by atoms with Crippen molar-refractivity contribution >= 4 is 11.6 Å². The highest BCUT2D eigenvalue weighted by Gasteiger charge is 2.16. The van der Waals surface area contributed by atoms with E-state index in [1.54, 1.807) is 20.8 Å². The number of hydrogen-bond acceptors (Lipinski definition) is 3. The van der Waals surface area contributed by atoms with Gasteiger partial charge in [-0.3, -0.25) is 0 Å². The lowest BCUT2D eigenvalue weighted by molar-refractivity contribution is 0.454. The van der Waals surface area contributed by atoms with Crippen molar-refractivity contribution in [2.45, 2.75) is 20.8 Å². The maximum Gasteiger partial charge on any atom is 0.237 e. The zero-order valence-corrected chi connectivity index (χ0v) is 12.0. The largest absolute Gasteiger partial charge is 0.437 e. The summed E-state index contributed by atoms with van der Waals surface area (Å²) in [5.41, 5.74) is 2.11. The van der Waals surface area contributed by atoms with Gasteiger partial charge in [-0.2, -0.15) is 5.26 Å². The van der Waals surface area contributed by atoms with Gasteiger partial charge in [-0.05, 0) is 50.1 Å². The van der Waals surface area contributed by atoms with Crippen LogP contribution in [-0.4, -0.2) is 4.98 Å². The van der Waals surface area contributed by atoms with E-state index >= 15 is 0 Å². The second-order valence-electron chi connectivity index (χ2n) is 4.44. The summed E-state index contributed by atoms with van der Waals surface area (Å²) in [6.07, 6.45) is 0. The molecule has 0 aliphatic heterocycles. The van der Waals surface area contributed by atoms with Gasteiger partial charge in [0, 0.05) is 0 Å². The summed E-state index contributed by atoms with van der Waals surface area (Å²) >= 11 is 6.07. The Morgan fingerprint density at radius 1 is 1.30 bits per heavy atom. The van der Waals surface area contributed by atoms with E-state index < -0.39 is 0 Å². The van der Waals surface area contributed by atoms with Crippen LogP contribution in [0.1, 0.15) is 22.4 Å². The maximum atomic E-state index is 13.1. The highest BCUT2D eigenvalue weighted by molar-refractivity contribution is 6.32. The number of aryl methyl sites for hydroxylation is 2. The summed E-state index contributed by atoms with van der Waals surface area (Å²) < 4.78 is 18.7. The topological polar surface area (TPSA) is 45.9 Å². The van der Waals surface area contributed by atoms with Crippen LogP contribution in [0, 0.1) is 37.9 Å². The number of rotatable bonds is 2. The molecule has 1 aromatic heterocycles. The molecule has 5 heteroatoms. The molecule has 0 atom stereocenters. The molecule has 1 heterocycles. The summed E-state index contributed by atoms with van der Waals surface area (Å²) in [6, 6.07) is 6.20. The molecule has 0 bridgehead atoms. The van der Waals surface area contributed by atoms with Crippen LogP contribution < -0.4 is 4.74 Å². The standard InChI is InChI=1S/C15H12ClFN2O/c1-8-6-11(17)4-5-13(8)20-15-12(7-18)9(2)14(16)10(3)19-15/h4-6H,1-3H3.